The zero-order chi connectivity index (χ0) is 18.5. The fourth-order valence-electron chi connectivity index (χ4n) is 2.30. The Kier molecular flexibility index (Phi) is 5.56. The van der Waals surface area contributed by atoms with E-state index in [0.29, 0.717) is 32.5 Å². The fraction of sp³-hybridized carbons (Fsp3) is 0. The normalized spacial score (nSPS) is 10.2. The van der Waals surface area contributed by atoms with Gasteiger partial charge in [0.1, 0.15) is 0 Å². The lowest BCUT2D eigenvalue weighted by Crippen LogP contribution is -2.15. The number of hydrogen-bond acceptors (Lipinski definition) is 2. The maximum absolute atomic E-state index is 12.4. The molecule has 26 heavy (non-hydrogen) atoms. The summed E-state index contributed by atoms with van der Waals surface area (Å²) in [6.45, 7) is 0. The van der Waals surface area contributed by atoms with E-state index in [0.717, 1.165) is 0 Å². The van der Waals surface area contributed by atoms with Gasteiger partial charge in [0.05, 0.1) is 10.7 Å². The van der Waals surface area contributed by atoms with Crippen molar-refractivity contribution in [1.29, 1.82) is 0 Å². The molecule has 3 rings (SSSR count). The molecule has 0 aliphatic carbocycles. The third-order valence-corrected chi connectivity index (χ3v) is 4.19. The Balaban J connectivity index is 1.75. The minimum Gasteiger partial charge on any atom is -0.322 e. The molecular weight excluding hydrogens is 371 g/mol. The number of hydrogen-bond donors (Lipinski definition) is 2. The molecular formula is C20H14Cl2N2O2. The minimum atomic E-state index is -0.348. The van der Waals surface area contributed by atoms with Crippen LogP contribution in [0.3, 0.4) is 0 Å². The molecule has 0 saturated carbocycles. The number of carbonyl (C=O) groups is 2. The molecule has 0 fully saturated rings. The highest BCUT2D eigenvalue weighted by Gasteiger charge is 2.12. The summed E-state index contributed by atoms with van der Waals surface area (Å²) in [5, 5.41) is 6.52. The molecule has 0 aromatic heterocycles. The third kappa shape index (κ3) is 4.42. The molecule has 3 aromatic rings. The highest BCUT2D eigenvalue weighted by atomic mass is 35.5. The Hall–Kier alpha value is -2.82. The Morgan fingerprint density at radius 1 is 0.692 bits per heavy atom. The Morgan fingerprint density at radius 2 is 1.31 bits per heavy atom. The highest BCUT2D eigenvalue weighted by molar-refractivity contribution is 6.34. The molecule has 130 valence electrons. The van der Waals surface area contributed by atoms with Gasteiger partial charge in [0, 0.05) is 21.8 Å². The predicted molar refractivity (Wildman–Crippen MR) is 105 cm³/mol. The molecule has 0 heterocycles. The number of benzene rings is 3. The van der Waals surface area contributed by atoms with Gasteiger partial charge < -0.3 is 10.6 Å². The van der Waals surface area contributed by atoms with E-state index in [4.69, 9.17) is 23.2 Å². The lowest BCUT2D eigenvalue weighted by Gasteiger charge is -2.09. The van der Waals surface area contributed by atoms with Gasteiger partial charge in [0.15, 0.2) is 0 Å². The van der Waals surface area contributed by atoms with E-state index in [1.165, 1.54) is 6.07 Å². The van der Waals surface area contributed by atoms with Crippen LogP contribution in [0.25, 0.3) is 0 Å². The van der Waals surface area contributed by atoms with Crippen molar-refractivity contribution in [2.45, 2.75) is 0 Å². The van der Waals surface area contributed by atoms with Gasteiger partial charge in [-0.05, 0) is 54.6 Å². The number of amides is 2. The topological polar surface area (TPSA) is 58.2 Å². The van der Waals surface area contributed by atoms with E-state index in [2.05, 4.69) is 10.6 Å². The lowest BCUT2D eigenvalue weighted by molar-refractivity contribution is 0.102. The first-order chi connectivity index (χ1) is 12.5. The van der Waals surface area contributed by atoms with Crippen LogP contribution in [0.2, 0.25) is 10.0 Å². The maximum atomic E-state index is 12.4. The van der Waals surface area contributed by atoms with Crippen LogP contribution in [0.5, 0.6) is 0 Å². The van der Waals surface area contributed by atoms with Crippen molar-refractivity contribution < 1.29 is 9.59 Å². The van der Waals surface area contributed by atoms with Crippen molar-refractivity contribution in [3.8, 4) is 0 Å². The van der Waals surface area contributed by atoms with Gasteiger partial charge in [0.2, 0.25) is 0 Å². The van der Waals surface area contributed by atoms with Crippen LogP contribution < -0.4 is 10.6 Å². The summed E-state index contributed by atoms with van der Waals surface area (Å²) in [7, 11) is 0. The molecule has 0 radical (unpaired) electrons. The number of nitrogens with one attached hydrogen (secondary N) is 2. The molecule has 0 aliphatic rings. The first-order valence-corrected chi connectivity index (χ1v) is 8.51. The van der Waals surface area contributed by atoms with E-state index in [1.807, 2.05) is 0 Å². The van der Waals surface area contributed by atoms with Crippen molar-refractivity contribution >= 4 is 46.4 Å². The van der Waals surface area contributed by atoms with Gasteiger partial charge in [-0.25, -0.2) is 0 Å². The molecule has 0 saturated heterocycles. The number of halogens is 2. The highest BCUT2D eigenvalue weighted by Crippen LogP contribution is 2.21. The first kappa shape index (κ1) is 18.0. The van der Waals surface area contributed by atoms with Gasteiger partial charge in [-0.15, -0.1) is 0 Å². The van der Waals surface area contributed by atoms with Crippen LogP contribution >= 0.6 is 23.2 Å². The SMILES string of the molecule is O=C(Nc1ccc(Cl)cc1)c1cccc(C(=O)Nc2ccccc2Cl)c1. The Labute approximate surface area is 160 Å². The van der Waals surface area contributed by atoms with Crippen LogP contribution in [0.4, 0.5) is 11.4 Å². The van der Waals surface area contributed by atoms with E-state index in [1.54, 1.807) is 66.7 Å². The molecule has 0 spiro atoms. The van der Waals surface area contributed by atoms with Gasteiger partial charge in [0.25, 0.3) is 11.8 Å². The van der Waals surface area contributed by atoms with Crippen LogP contribution in [0, 0.1) is 0 Å². The van der Waals surface area contributed by atoms with Gasteiger partial charge in [-0.3, -0.25) is 9.59 Å². The molecule has 0 unspecified atom stereocenters. The molecule has 2 N–H and O–H groups in total. The molecule has 6 heteroatoms. The number of para-hydroxylation sites is 1. The van der Waals surface area contributed by atoms with Gasteiger partial charge in [-0.1, -0.05) is 41.4 Å². The molecule has 0 aliphatic heterocycles. The molecule has 2 amide bonds. The molecule has 0 bridgehead atoms. The first-order valence-electron chi connectivity index (χ1n) is 7.76. The standard InChI is InChI=1S/C20H14Cl2N2O2/c21-15-8-10-16(11-9-15)23-19(25)13-4-3-5-14(12-13)20(26)24-18-7-2-1-6-17(18)22/h1-12H,(H,23,25)(H,24,26). The second kappa shape index (κ2) is 8.04. The van der Waals surface area contributed by atoms with Gasteiger partial charge in [-0.2, -0.15) is 0 Å². The zero-order valence-corrected chi connectivity index (χ0v) is 15.0. The lowest BCUT2D eigenvalue weighted by atomic mass is 10.1. The summed E-state index contributed by atoms with van der Waals surface area (Å²) in [6, 6.07) is 20.2. The average molecular weight is 385 g/mol. The Bertz CT molecular complexity index is 956. The van der Waals surface area contributed by atoms with E-state index < -0.39 is 0 Å². The van der Waals surface area contributed by atoms with Gasteiger partial charge >= 0.3 is 0 Å². The summed E-state index contributed by atoms with van der Waals surface area (Å²) in [5.74, 6) is -0.668. The van der Waals surface area contributed by atoms with Crippen LogP contribution in [0.15, 0.2) is 72.8 Å². The Morgan fingerprint density at radius 3 is 1.96 bits per heavy atom. The maximum Gasteiger partial charge on any atom is 0.255 e. The van der Waals surface area contributed by atoms with Crippen LogP contribution in [0.1, 0.15) is 20.7 Å². The summed E-state index contributed by atoms with van der Waals surface area (Å²) < 4.78 is 0. The molecule has 3 aromatic carbocycles. The van der Waals surface area contributed by atoms with Crippen molar-refractivity contribution in [3.63, 3.8) is 0 Å². The van der Waals surface area contributed by atoms with Crippen molar-refractivity contribution in [3.05, 3.63) is 94.0 Å². The van der Waals surface area contributed by atoms with Crippen molar-refractivity contribution in [2.75, 3.05) is 10.6 Å². The second-order valence-electron chi connectivity index (χ2n) is 5.48. The summed E-state index contributed by atoms with van der Waals surface area (Å²) in [5.41, 5.74) is 1.85. The average Bonchev–Trinajstić information content (AvgIpc) is 2.65. The van der Waals surface area contributed by atoms with Crippen LogP contribution in [-0.2, 0) is 0 Å². The van der Waals surface area contributed by atoms with Crippen molar-refractivity contribution in [1.82, 2.24) is 0 Å². The third-order valence-electron chi connectivity index (χ3n) is 3.61. The summed E-state index contributed by atoms with van der Waals surface area (Å²) >= 11 is 11.9. The smallest absolute Gasteiger partial charge is 0.255 e. The number of carbonyl (C=O) groups excluding carboxylic acids is 2. The summed E-state index contributed by atoms with van der Waals surface area (Å²) in [6.07, 6.45) is 0. The quantitative estimate of drug-likeness (QED) is 0.623. The van der Waals surface area contributed by atoms with E-state index >= 15 is 0 Å². The summed E-state index contributed by atoms with van der Waals surface area (Å²) in [4.78, 5) is 24.8. The van der Waals surface area contributed by atoms with Crippen molar-refractivity contribution in [2.24, 2.45) is 0 Å². The molecule has 4 nitrogen and oxygen atoms in total. The minimum absolute atomic E-state index is 0.320. The number of rotatable bonds is 4. The van der Waals surface area contributed by atoms with E-state index in [-0.39, 0.29) is 11.8 Å². The second-order valence-corrected chi connectivity index (χ2v) is 6.32. The monoisotopic (exact) mass is 384 g/mol. The fourth-order valence-corrected chi connectivity index (χ4v) is 2.60. The number of anilines is 2. The zero-order valence-electron chi connectivity index (χ0n) is 13.5. The van der Waals surface area contributed by atoms with Crippen LogP contribution in [-0.4, -0.2) is 11.8 Å². The van der Waals surface area contributed by atoms with E-state index in [9.17, 15) is 9.59 Å². The predicted octanol–water partition coefficient (Wildman–Crippen LogP) is 5.50. The largest absolute Gasteiger partial charge is 0.322 e. The molecule has 0 atom stereocenters.